The summed E-state index contributed by atoms with van der Waals surface area (Å²) >= 11 is 0. The molecule has 1 aromatic rings. The van der Waals surface area contributed by atoms with Crippen LogP contribution in [0.25, 0.3) is 0 Å². The Balaban J connectivity index is 1.97. The number of hydrogen-bond acceptors (Lipinski definition) is 2. The summed E-state index contributed by atoms with van der Waals surface area (Å²) in [5, 5.41) is 14.8. The van der Waals surface area contributed by atoms with Gasteiger partial charge in [0.15, 0.2) is 0 Å². The van der Waals surface area contributed by atoms with Crippen molar-refractivity contribution in [1.29, 1.82) is 0 Å². The molecule has 0 aliphatic heterocycles. The molecule has 1 aliphatic carbocycles. The maximum atomic E-state index is 12.0. The molecule has 2 amide bonds. The average molecular weight is 276 g/mol. The van der Waals surface area contributed by atoms with Gasteiger partial charge in [-0.3, -0.25) is 0 Å². The van der Waals surface area contributed by atoms with Crippen molar-refractivity contribution in [1.82, 2.24) is 10.6 Å². The number of hydrogen-bond donors (Lipinski definition) is 3. The van der Waals surface area contributed by atoms with E-state index in [0.717, 1.165) is 17.9 Å². The molecule has 0 saturated heterocycles. The van der Waals surface area contributed by atoms with Crippen LogP contribution in [-0.4, -0.2) is 23.8 Å². The van der Waals surface area contributed by atoms with Crippen molar-refractivity contribution < 1.29 is 9.90 Å². The van der Waals surface area contributed by atoms with Crippen LogP contribution in [0.4, 0.5) is 4.79 Å². The van der Waals surface area contributed by atoms with Gasteiger partial charge < -0.3 is 15.7 Å². The second kappa shape index (κ2) is 7.29. The fourth-order valence-corrected chi connectivity index (χ4v) is 2.49. The van der Waals surface area contributed by atoms with Crippen molar-refractivity contribution in [2.45, 2.75) is 44.7 Å². The van der Waals surface area contributed by atoms with E-state index < -0.39 is 0 Å². The summed E-state index contributed by atoms with van der Waals surface area (Å²) in [6.07, 6.45) is 4.82. The van der Waals surface area contributed by atoms with E-state index >= 15 is 0 Å². The lowest BCUT2D eigenvalue weighted by molar-refractivity contribution is 0.210. The maximum Gasteiger partial charge on any atom is 0.315 e. The largest absolute Gasteiger partial charge is 0.394 e. The minimum Gasteiger partial charge on any atom is -0.394 e. The molecule has 20 heavy (non-hydrogen) atoms. The van der Waals surface area contributed by atoms with Gasteiger partial charge in [-0.05, 0) is 24.8 Å². The van der Waals surface area contributed by atoms with Crippen molar-refractivity contribution in [2.24, 2.45) is 5.92 Å². The Bertz CT molecular complexity index is 418. The average Bonchev–Trinajstić information content (AvgIpc) is 2.42. The quantitative estimate of drug-likeness (QED) is 0.748. The molecule has 1 aromatic carbocycles. The molecule has 1 fully saturated rings. The molecule has 0 bridgehead atoms. The molecular formula is C16H24N2O2. The molecular weight excluding hydrogens is 252 g/mol. The van der Waals surface area contributed by atoms with Crippen molar-refractivity contribution in [3.05, 3.63) is 35.9 Å². The van der Waals surface area contributed by atoms with E-state index in [4.69, 9.17) is 5.11 Å². The first-order chi connectivity index (χ1) is 9.69. The van der Waals surface area contributed by atoms with Gasteiger partial charge in [-0.15, -0.1) is 0 Å². The third-order valence-corrected chi connectivity index (χ3v) is 3.95. The molecule has 0 aromatic heterocycles. The Kier molecular flexibility index (Phi) is 5.41. The maximum absolute atomic E-state index is 12.0. The third-order valence-electron chi connectivity index (χ3n) is 3.95. The van der Waals surface area contributed by atoms with Gasteiger partial charge in [-0.25, -0.2) is 4.79 Å². The summed E-state index contributed by atoms with van der Waals surface area (Å²) in [4.78, 5) is 12.0. The zero-order chi connectivity index (χ0) is 14.4. The molecule has 110 valence electrons. The predicted molar refractivity (Wildman–Crippen MR) is 79.4 cm³/mol. The number of nitrogens with one attached hydrogen (secondary N) is 2. The van der Waals surface area contributed by atoms with Crippen LogP contribution in [0.1, 0.15) is 44.2 Å². The summed E-state index contributed by atoms with van der Waals surface area (Å²) in [6, 6.07) is 9.70. The Morgan fingerprint density at radius 2 is 2.00 bits per heavy atom. The highest BCUT2D eigenvalue weighted by molar-refractivity contribution is 5.74. The number of aliphatic hydroxyl groups is 1. The lowest BCUT2D eigenvalue weighted by atomic mass is 9.79. The molecule has 1 saturated carbocycles. The lowest BCUT2D eigenvalue weighted by Crippen LogP contribution is -2.44. The Hall–Kier alpha value is -1.55. The lowest BCUT2D eigenvalue weighted by Gasteiger charge is -2.30. The summed E-state index contributed by atoms with van der Waals surface area (Å²) in [7, 11) is 0. The van der Waals surface area contributed by atoms with Crippen LogP contribution in [-0.2, 0) is 0 Å². The Morgan fingerprint density at radius 3 is 2.55 bits per heavy atom. The fraction of sp³-hybridized carbons (Fsp3) is 0.562. The Labute approximate surface area is 120 Å². The first kappa shape index (κ1) is 14.9. The van der Waals surface area contributed by atoms with Gasteiger partial charge in [-0.1, -0.05) is 49.6 Å². The molecule has 0 radical (unpaired) electrons. The van der Waals surface area contributed by atoms with Crippen LogP contribution >= 0.6 is 0 Å². The first-order valence-electron chi connectivity index (χ1n) is 7.42. The molecule has 0 heterocycles. The van der Waals surface area contributed by atoms with Gasteiger partial charge >= 0.3 is 6.03 Å². The standard InChI is InChI=1S/C16H24N2O2/c1-12(11-19)17-16(20)18-15(10-13-6-5-7-13)14-8-3-2-4-9-14/h2-4,8-9,12-13,15,19H,5-7,10-11H2,1H3,(H2,17,18,20)/t12-,15?/m0/s1. The van der Waals surface area contributed by atoms with Crippen molar-refractivity contribution in [2.75, 3.05) is 6.61 Å². The van der Waals surface area contributed by atoms with Crippen molar-refractivity contribution in [3.8, 4) is 0 Å². The zero-order valence-electron chi connectivity index (χ0n) is 12.0. The highest BCUT2D eigenvalue weighted by Crippen LogP contribution is 2.34. The third kappa shape index (κ3) is 4.23. The number of benzene rings is 1. The van der Waals surface area contributed by atoms with Crippen molar-refractivity contribution in [3.63, 3.8) is 0 Å². The van der Waals surface area contributed by atoms with Crippen LogP contribution in [0.3, 0.4) is 0 Å². The van der Waals surface area contributed by atoms with Gasteiger partial charge in [0.05, 0.1) is 18.7 Å². The Morgan fingerprint density at radius 1 is 1.30 bits per heavy atom. The zero-order valence-corrected chi connectivity index (χ0v) is 12.0. The molecule has 0 spiro atoms. The molecule has 3 N–H and O–H groups in total. The SMILES string of the molecule is C[C@@H](CO)NC(=O)NC(CC1CCC1)c1ccccc1. The summed E-state index contributed by atoms with van der Waals surface area (Å²) in [5.74, 6) is 0.718. The molecule has 1 unspecified atom stereocenters. The van der Waals surface area contributed by atoms with Gasteiger partial charge in [-0.2, -0.15) is 0 Å². The number of aliphatic hydroxyl groups excluding tert-OH is 1. The van der Waals surface area contributed by atoms with E-state index in [1.807, 2.05) is 18.2 Å². The van der Waals surface area contributed by atoms with E-state index in [2.05, 4.69) is 22.8 Å². The van der Waals surface area contributed by atoms with Crippen LogP contribution in [0.5, 0.6) is 0 Å². The number of carbonyl (C=O) groups excluding carboxylic acids is 1. The number of amides is 2. The minimum absolute atomic E-state index is 0.0485. The molecule has 4 nitrogen and oxygen atoms in total. The molecule has 4 heteroatoms. The van der Waals surface area contributed by atoms with Crippen LogP contribution in [0.2, 0.25) is 0 Å². The fourth-order valence-electron chi connectivity index (χ4n) is 2.49. The van der Waals surface area contributed by atoms with E-state index in [1.165, 1.54) is 19.3 Å². The molecule has 1 aliphatic rings. The molecule has 2 atom stereocenters. The van der Waals surface area contributed by atoms with Gasteiger partial charge in [0, 0.05) is 0 Å². The van der Waals surface area contributed by atoms with Crippen LogP contribution in [0.15, 0.2) is 30.3 Å². The first-order valence-corrected chi connectivity index (χ1v) is 7.42. The highest BCUT2D eigenvalue weighted by atomic mass is 16.3. The van der Waals surface area contributed by atoms with Gasteiger partial charge in [0.1, 0.15) is 0 Å². The van der Waals surface area contributed by atoms with Crippen LogP contribution < -0.4 is 10.6 Å². The smallest absolute Gasteiger partial charge is 0.315 e. The normalized spacial score (nSPS) is 17.9. The van der Waals surface area contributed by atoms with E-state index in [1.54, 1.807) is 6.92 Å². The van der Waals surface area contributed by atoms with E-state index in [-0.39, 0.29) is 24.7 Å². The summed E-state index contributed by atoms with van der Waals surface area (Å²) in [6.45, 7) is 1.73. The van der Waals surface area contributed by atoms with Crippen molar-refractivity contribution >= 4 is 6.03 Å². The minimum atomic E-state index is -0.227. The highest BCUT2D eigenvalue weighted by Gasteiger charge is 2.24. The number of carbonyl (C=O) groups is 1. The molecule has 2 rings (SSSR count). The second-order valence-electron chi connectivity index (χ2n) is 5.70. The summed E-state index contributed by atoms with van der Waals surface area (Å²) < 4.78 is 0. The number of rotatable bonds is 6. The second-order valence-corrected chi connectivity index (χ2v) is 5.70. The van der Waals surface area contributed by atoms with Crippen LogP contribution in [0, 0.1) is 5.92 Å². The van der Waals surface area contributed by atoms with Gasteiger partial charge in [0.25, 0.3) is 0 Å². The predicted octanol–water partition coefficient (Wildman–Crippen LogP) is 2.60. The summed E-state index contributed by atoms with van der Waals surface area (Å²) in [5.41, 5.74) is 1.14. The van der Waals surface area contributed by atoms with Gasteiger partial charge in [0.2, 0.25) is 0 Å². The number of urea groups is 1. The van der Waals surface area contributed by atoms with E-state index in [0.29, 0.717) is 0 Å². The monoisotopic (exact) mass is 276 g/mol. The van der Waals surface area contributed by atoms with E-state index in [9.17, 15) is 4.79 Å². The topological polar surface area (TPSA) is 61.4 Å².